The van der Waals surface area contributed by atoms with Crippen LogP contribution >= 0.6 is 0 Å². The van der Waals surface area contributed by atoms with Crippen LogP contribution in [0.4, 0.5) is 5.82 Å². The van der Waals surface area contributed by atoms with Gasteiger partial charge in [0.2, 0.25) is 0 Å². The Morgan fingerprint density at radius 1 is 1.43 bits per heavy atom. The summed E-state index contributed by atoms with van der Waals surface area (Å²) in [4.78, 5) is 20.9. The molecule has 0 aliphatic rings. The molecule has 7 nitrogen and oxygen atoms in total. The van der Waals surface area contributed by atoms with Gasteiger partial charge in [-0.3, -0.25) is 4.79 Å². The van der Waals surface area contributed by atoms with E-state index in [0.717, 1.165) is 5.56 Å². The number of rotatable bonds is 7. The second-order valence-corrected chi connectivity index (χ2v) is 4.67. The molecule has 1 unspecified atom stereocenters. The monoisotopic (exact) mass is 289 g/mol. The maximum Gasteiger partial charge on any atom is 0.393 e. The van der Waals surface area contributed by atoms with Crippen molar-refractivity contribution in [3.63, 3.8) is 0 Å². The van der Waals surface area contributed by atoms with Gasteiger partial charge in [0.1, 0.15) is 6.10 Å². The van der Waals surface area contributed by atoms with Crippen molar-refractivity contribution >= 4 is 12.3 Å². The molecule has 1 atom stereocenters. The van der Waals surface area contributed by atoms with Gasteiger partial charge in [0.15, 0.2) is 0 Å². The van der Waals surface area contributed by atoms with Gasteiger partial charge in [-0.2, -0.15) is 5.10 Å². The van der Waals surface area contributed by atoms with Gasteiger partial charge in [-0.1, -0.05) is 30.3 Å². The standard InChI is InChI=1S/C14H15N3O4/c1-10(21-9-18)7-12-13(15-16-14(12)17(19)20)8-11-5-3-2-4-6-11/h2-6,9-10H,7-8H2,1H3,(H,15,16). The first-order valence-electron chi connectivity index (χ1n) is 6.45. The molecule has 0 aliphatic heterocycles. The average molecular weight is 289 g/mol. The molecule has 0 bridgehead atoms. The van der Waals surface area contributed by atoms with E-state index in [1.807, 2.05) is 30.3 Å². The van der Waals surface area contributed by atoms with E-state index < -0.39 is 11.0 Å². The maximum atomic E-state index is 11.0. The number of aromatic nitrogens is 2. The van der Waals surface area contributed by atoms with Crippen LogP contribution in [-0.2, 0) is 22.4 Å². The minimum atomic E-state index is -0.534. The van der Waals surface area contributed by atoms with Crippen LogP contribution in [0.2, 0.25) is 0 Å². The van der Waals surface area contributed by atoms with Crippen molar-refractivity contribution in [1.29, 1.82) is 0 Å². The fraction of sp³-hybridized carbons (Fsp3) is 0.286. The van der Waals surface area contributed by atoms with E-state index in [2.05, 4.69) is 10.2 Å². The van der Waals surface area contributed by atoms with Gasteiger partial charge >= 0.3 is 5.82 Å². The van der Waals surface area contributed by atoms with Crippen molar-refractivity contribution in [3.05, 3.63) is 57.3 Å². The highest BCUT2D eigenvalue weighted by atomic mass is 16.6. The number of hydrogen-bond acceptors (Lipinski definition) is 5. The second-order valence-electron chi connectivity index (χ2n) is 4.67. The molecule has 2 aromatic rings. The largest absolute Gasteiger partial charge is 0.465 e. The first-order chi connectivity index (χ1) is 10.1. The lowest BCUT2D eigenvalue weighted by Crippen LogP contribution is -2.12. The van der Waals surface area contributed by atoms with E-state index >= 15 is 0 Å². The van der Waals surface area contributed by atoms with Gasteiger partial charge in [-0.25, -0.2) is 0 Å². The highest BCUT2D eigenvalue weighted by Crippen LogP contribution is 2.23. The van der Waals surface area contributed by atoms with E-state index in [4.69, 9.17) is 4.74 Å². The van der Waals surface area contributed by atoms with E-state index in [0.29, 0.717) is 24.2 Å². The van der Waals surface area contributed by atoms with Crippen LogP contribution in [0.5, 0.6) is 0 Å². The molecule has 0 spiro atoms. The SMILES string of the molecule is CC(Cc1c([N+](=O)[O-])n[nH]c1Cc1ccccc1)OC=O. The summed E-state index contributed by atoms with van der Waals surface area (Å²) >= 11 is 0. The number of carbonyl (C=O) groups is 1. The van der Waals surface area contributed by atoms with Crippen molar-refractivity contribution < 1.29 is 14.5 Å². The van der Waals surface area contributed by atoms with Crippen LogP contribution in [0.1, 0.15) is 23.7 Å². The van der Waals surface area contributed by atoms with Crippen molar-refractivity contribution in [2.45, 2.75) is 25.9 Å². The number of H-pyrrole nitrogens is 1. The number of aromatic amines is 1. The van der Waals surface area contributed by atoms with Gasteiger partial charge in [0.05, 0.1) is 16.4 Å². The summed E-state index contributed by atoms with van der Waals surface area (Å²) in [5.74, 6) is -0.220. The number of nitro groups is 1. The molecule has 110 valence electrons. The lowest BCUT2D eigenvalue weighted by Gasteiger charge is -2.09. The third-order valence-corrected chi connectivity index (χ3v) is 3.11. The second kappa shape index (κ2) is 6.65. The Balaban J connectivity index is 2.28. The van der Waals surface area contributed by atoms with Crippen molar-refractivity contribution in [2.75, 3.05) is 0 Å². The highest BCUT2D eigenvalue weighted by molar-refractivity contribution is 5.41. The van der Waals surface area contributed by atoms with Crippen LogP contribution in [0.15, 0.2) is 30.3 Å². The van der Waals surface area contributed by atoms with Gasteiger partial charge in [-0.05, 0) is 17.4 Å². The third-order valence-electron chi connectivity index (χ3n) is 3.11. The lowest BCUT2D eigenvalue weighted by molar-refractivity contribution is -0.390. The Hall–Kier alpha value is -2.70. The van der Waals surface area contributed by atoms with Gasteiger partial charge in [-0.15, -0.1) is 0 Å². The van der Waals surface area contributed by atoms with Crippen LogP contribution in [0.3, 0.4) is 0 Å². The number of nitrogens with zero attached hydrogens (tertiary/aromatic N) is 2. The topological polar surface area (TPSA) is 98.1 Å². The molecule has 7 heteroatoms. The number of nitrogens with one attached hydrogen (secondary N) is 1. The summed E-state index contributed by atoms with van der Waals surface area (Å²) in [5.41, 5.74) is 2.15. The van der Waals surface area contributed by atoms with Crippen molar-refractivity contribution in [2.24, 2.45) is 0 Å². The summed E-state index contributed by atoms with van der Waals surface area (Å²) in [5, 5.41) is 17.5. The van der Waals surface area contributed by atoms with Crippen LogP contribution in [0.25, 0.3) is 0 Å². The Kier molecular flexibility index (Phi) is 4.65. The molecule has 0 saturated carbocycles. The molecule has 1 heterocycles. The quantitative estimate of drug-likeness (QED) is 0.477. The molecule has 1 aromatic carbocycles. The zero-order chi connectivity index (χ0) is 15.2. The summed E-state index contributed by atoms with van der Waals surface area (Å²) in [6.45, 7) is 2.02. The predicted octanol–water partition coefficient (Wildman–Crippen LogP) is 2.01. The summed E-state index contributed by atoms with van der Waals surface area (Å²) < 4.78 is 4.81. The lowest BCUT2D eigenvalue weighted by atomic mass is 10.0. The summed E-state index contributed by atoms with van der Waals surface area (Å²) in [6, 6.07) is 9.57. The van der Waals surface area contributed by atoms with Crippen LogP contribution in [-0.4, -0.2) is 27.7 Å². The summed E-state index contributed by atoms with van der Waals surface area (Å²) in [6.07, 6.45) is 0.298. The predicted molar refractivity (Wildman–Crippen MR) is 74.8 cm³/mol. The maximum absolute atomic E-state index is 11.0. The molecular weight excluding hydrogens is 274 g/mol. The molecule has 0 saturated heterocycles. The number of ether oxygens (including phenoxy) is 1. The molecule has 0 amide bonds. The zero-order valence-corrected chi connectivity index (χ0v) is 11.5. The van der Waals surface area contributed by atoms with E-state index in [1.54, 1.807) is 6.92 Å². The fourth-order valence-electron chi connectivity index (χ4n) is 2.13. The van der Waals surface area contributed by atoms with E-state index in [-0.39, 0.29) is 12.2 Å². The minimum Gasteiger partial charge on any atom is -0.465 e. The minimum absolute atomic E-state index is 0.220. The number of hydrogen-bond donors (Lipinski definition) is 1. The Labute approximate surface area is 121 Å². The van der Waals surface area contributed by atoms with Gasteiger partial charge in [0.25, 0.3) is 6.47 Å². The fourth-order valence-corrected chi connectivity index (χ4v) is 2.13. The molecule has 1 aromatic heterocycles. The van der Waals surface area contributed by atoms with E-state index in [9.17, 15) is 14.9 Å². The van der Waals surface area contributed by atoms with Crippen LogP contribution in [0, 0.1) is 10.1 Å². The zero-order valence-electron chi connectivity index (χ0n) is 11.5. The molecule has 0 aliphatic carbocycles. The first kappa shape index (κ1) is 14.7. The highest BCUT2D eigenvalue weighted by Gasteiger charge is 2.25. The summed E-state index contributed by atoms with van der Waals surface area (Å²) in [7, 11) is 0. The molecule has 2 rings (SSSR count). The third kappa shape index (κ3) is 3.65. The van der Waals surface area contributed by atoms with Crippen molar-refractivity contribution in [1.82, 2.24) is 10.2 Å². The molecule has 1 N–H and O–H groups in total. The van der Waals surface area contributed by atoms with Crippen LogP contribution < -0.4 is 0 Å². The van der Waals surface area contributed by atoms with Gasteiger partial charge < -0.3 is 14.9 Å². The Morgan fingerprint density at radius 2 is 2.14 bits per heavy atom. The first-order valence-corrected chi connectivity index (χ1v) is 6.45. The average Bonchev–Trinajstić information content (AvgIpc) is 2.83. The Morgan fingerprint density at radius 3 is 2.76 bits per heavy atom. The Bertz CT molecular complexity index is 624. The normalized spacial score (nSPS) is 11.9. The number of carbonyl (C=O) groups excluding carboxylic acids is 1. The molecule has 21 heavy (non-hydrogen) atoms. The smallest absolute Gasteiger partial charge is 0.393 e. The molecule has 0 fully saturated rings. The molecular formula is C14H15N3O4. The molecule has 0 radical (unpaired) electrons. The van der Waals surface area contributed by atoms with E-state index in [1.165, 1.54) is 0 Å². The number of benzene rings is 1. The van der Waals surface area contributed by atoms with Crippen molar-refractivity contribution in [3.8, 4) is 0 Å². The van der Waals surface area contributed by atoms with Gasteiger partial charge in [0, 0.05) is 12.8 Å².